The quantitative estimate of drug-likeness (QED) is 0.861. The number of carbonyl (C=O) groups excluding carboxylic acids is 2. The Morgan fingerprint density at radius 2 is 1.81 bits per heavy atom. The maximum atomic E-state index is 13.1. The Morgan fingerprint density at radius 1 is 1.19 bits per heavy atom. The number of aromatic nitrogens is 2. The Morgan fingerprint density at radius 3 is 2.33 bits per heavy atom. The lowest BCUT2D eigenvalue weighted by atomic mass is 9.82. The van der Waals surface area contributed by atoms with Gasteiger partial charge in [0.1, 0.15) is 6.33 Å². The third-order valence-electron chi connectivity index (χ3n) is 5.82. The molecule has 142 valence electrons. The summed E-state index contributed by atoms with van der Waals surface area (Å²) in [5, 5.41) is 12.0. The van der Waals surface area contributed by atoms with Gasteiger partial charge in [-0.3, -0.25) is 9.59 Å². The van der Waals surface area contributed by atoms with Crippen LogP contribution in [0, 0.1) is 25.2 Å². The maximum absolute atomic E-state index is 13.1. The van der Waals surface area contributed by atoms with Crippen LogP contribution in [0.2, 0.25) is 0 Å². The van der Waals surface area contributed by atoms with Gasteiger partial charge in [-0.15, -0.1) is 11.3 Å². The highest BCUT2D eigenvalue weighted by atomic mass is 32.1. The van der Waals surface area contributed by atoms with Crippen molar-refractivity contribution in [2.45, 2.75) is 13.8 Å². The highest BCUT2D eigenvalue weighted by Gasteiger charge is 2.54. The maximum Gasteiger partial charge on any atom is 0.263 e. The summed E-state index contributed by atoms with van der Waals surface area (Å²) in [4.78, 5) is 38.4. The van der Waals surface area contributed by atoms with Crippen molar-refractivity contribution in [2.75, 3.05) is 32.8 Å². The molecule has 1 N–H and O–H groups in total. The normalized spacial score (nSPS) is 24.3. The van der Waals surface area contributed by atoms with Crippen molar-refractivity contribution in [2.24, 2.45) is 11.3 Å². The Labute approximate surface area is 161 Å². The zero-order valence-corrected chi connectivity index (χ0v) is 16.2. The lowest BCUT2D eigenvalue weighted by Crippen LogP contribution is -2.40. The number of fused-ring (bicyclic) bond motifs is 1. The second-order valence-electron chi connectivity index (χ2n) is 7.49. The number of carbonyl (C=O) groups is 2. The molecule has 7 nitrogen and oxygen atoms in total. The molecule has 2 unspecified atom stereocenters. The number of likely N-dealkylation sites (tertiary alicyclic amines) is 2. The summed E-state index contributed by atoms with van der Waals surface area (Å²) in [6.07, 6.45) is 1.46. The Kier molecular flexibility index (Phi) is 4.47. The van der Waals surface area contributed by atoms with Crippen molar-refractivity contribution < 1.29 is 14.7 Å². The standard InChI is InChI=1S/C19H22N4O3S/c1-12-16(13(2)21-11-20-12)18(26)23-7-14-6-22(8-19(14,9-23)10-24)17(25)15-4-3-5-27-15/h3-5,11,14,24H,6-10H2,1-2H3. The predicted molar refractivity (Wildman–Crippen MR) is 101 cm³/mol. The number of amides is 2. The van der Waals surface area contributed by atoms with Crippen molar-refractivity contribution in [1.82, 2.24) is 19.8 Å². The van der Waals surface area contributed by atoms with Gasteiger partial charge >= 0.3 is 0 Å². The molecule has 8 heteroatoms. The number of aryl methyl sites for hydroxylation is 2. The summed E-state index contributed by atoms with van der Waals surface area (Å²) in [6.45, 7) is 5.57. The van der Waals surface area contributed by atoms with Gasteiger partial charge in [-0.2, -0.15) is 0 Å². The molecule has 0 aliphatic carbocycles. The van der Waals surface area contributed by atoms with Crippen LogP contribution in [0.5, 0.6) is 0 Å². The minimum Gasteiger partial charge on any atom is -0.396 e. The molecule has 27 heavy (non-hydrogen) atoms. The van der Waals surface area contributed by atoms with Crippen LogP contribution in [0.1, 0.15) is 31.4 Å². The summed E-state index contributed by atoms with van der Waals surface area (Å²) in [6, 6.07) is 3.69. The highest BCUT2D eigenvalue weighted by Crippen LogP contribution is 2.43. The molecule has 2 aromatic rings. The molecule has 2 aliphatic heterocycles. The molecule has 4 heterocycles. The van der Waals surface area contributed by atoms with E-state index in [9.17, 15) is 14.7 Å². The van der Waals surface area contributed by atoms with Gasteiger partial charge in [0.25, 0.3) is 11.8 Å². The molecule has 0 aromatic carbocycles. The van der Waals surface area contributed by atoms with Gasteiger partial charge in [0.15, 0.2) is 0 Å². The van der Waals surface area contributed by atoms with E-state index in [-0.39, 0.29) is 24.3 Å². The first-order chi connectivity index (χ1) is 12.9. The first-order valence-electron chi connectivity index (χ1n) is 8.96. The number of hydrogen-bond donors (Lipinski definition) is 1. The number of aliphatic hydroxyl groups excluding tert-OH is 1. The van der Waals surface area contributed by atoms with E-state index < -0.39 is 5.41 Å². The minimum atomic E-state index is -0.458. The van der Waals surface area contributed by atoms with E-state index in [1.54, 1.807) is 4.90 Å². The first kappa shape index (κ1) is 18.1. The Bertz CT molecular complexity index is 865. The van der Waals surface area contributed by atoms with Crippen LogP contribution in [0.15, 0.2) is 23.8 Å². The Hall–Kier alpha value is -2.32. The third kappa shape index (κ3) is 2.93. The molecule has 2 amide bonds. The lowest BCUT2D eigenvalue weighted by molar-refractivity contribution is 0.0668. The summed E-state index contributed by atoms with van der Waals surface area (Å²) >= 11 is 1.43. The molecule has 0 radical (unpaired) electrons. The smallest absolute Gasteiger partial charge is 0.263 e. The van der Waals surface area contributed by atoms with Gasteiger partial charge in [-0.25, -0.2) is 9.97 Å². The lowest BCUT2D eigenvalue weighted by Gasteiger charge is -2.27. The van der Waals surface area contributed by atoms with Crippen LogP contribution in [0.3, 0.4) is 0 Å². The molecular weight excluding hydrogens is 364 g/mol. The van der Waals surface area contributed by atoms with Crippen molar-refractivity contribution in [1.29, 1.82) is 0 Å². The van der Waals surface area contributed by atoms with Crippen LogP contribution >= 0.6 is 11.3 Å². The minimum absolute atomic E-state index is 0.00764. The summed E-state index contributed by atoms with van der Waals surface area (Å²) in [5.74, 6) is -0.0159. The van der Waals surface area contributed by atoms with Crippen LogP contribution in [-0.2, 0) is 0 Å². The second kappa shape index (κ2) is 6.69. The van der Waals surface area contributed by atoms with Crippen molar-refractivity contribution in [3.8, 4) is 0 Å². The van der Waals surface area contributed by atoms with E-state index in [2.05, 4.69) is 9.97 Å². The van der Waals surface area contributed by atoms with Crippen LogP contribution in [0.4, 0.5) is 0 Å². The number of rotatable bonds is 3. The molecule has 0 saturated carbocycles. The molecule has 0 bridgehead atoms. The average Bonchev–Trinajstić information content (AvgIpc) is 3.35. The molecular formula is C19H22N4O3S. The number of nitrogens with zero attached hydrogens (tertiary/aromatic N) is 4. The summed E-state index contributed by atoms with van der Waals surface area (Å²) in [5.41, 5.74) is 1.41. The van der Waals surface area contributed by atoms with Crippen LogP contribution in [0.25, 0.3) is 0 Å². The van der Waals surface area contributed by atoms with Gasteiger partial charge < -0.3 is 14.9 Å². The average molecular weight is 386 g/mol. The number of thiophene rings is 1. The topological polar surface area (TPSA) is 86.6 Å². The fourth-order valence-electron chi connectivity index (χ4n) is 4.33. The van der Waals surface area contributed by atoms with E-state index in [1.807, 2.05) is 36.3 Å². The van der Waals surface area contributed by atoms with Gasteiger partial charge in [0.05, 0.1) is 28.4 Å². The highest BCUT2D eigenvalue weighted by molar-refractivity contribution is 7.12. The zero-order valence-electron chi connectivity index (χ0n) is 15.4. The van der Waals surface area contributed by atoms with Crippen LogP contribution in [-0.4, -0.2) is 69.5 Å². The van der Waals surface area contributed by atoms with E-state index in [0.717, 1.165) is 0 Å². The molecule has 2 aliphatic rings. The van der Waals surface area contributed by atoms with Crippen molar-refractivity contribution in [3.63, 3.8) is 0 Å². The van der Waals surface area contributed by atoms with Crippen molar-refractivity contribution >= 4 is 23.2 Å². The van der Waals surface area contributed by atoms with Gasteiger partial charge in [-0.1, -0.05) is 6.07 Å². The largest absolute Gasteiger partial charge is 0.396 e. The number of aliphatic hydroxyl groups is 1. The SMILES string of the molecule is Cc1ncnc(C)c1C(=O)N1CC2CN(C(=O)c3cccs3)CC2(CO)C1. The molecule has 2 aromatic heterocycles. The first-order valence-corrected chi connectivity index (χ1v) is 9.84. The van der Waals surface area contributed by atoms with Crippen LogP contribution < -0.4 is 0 Å². The number of hydrogen-bond acceptors (Lipinski definition) is 6. The van der Waals surface area contributed by atoms with Gasteiger partial charge in [0, 0.05) is 37.5 Å². The molecule has 2 saturated heterocycles. The predicted octanol–water partition coefficient (Wildman–Crippen LogP) is 1.36. The molecule has 2 fully saturated rings. The second-order valence-corrected chi connectivity index (χ2v) is 8.43. The van der Waals surface area contributed by atoms with Gasteiger partial charge in [0.2, 0.25) is 0 Å². The van der Waals surface area contributed by atoms with E-state index in [4.69, 9.17) is 0 Å². The fraction of sp³-hybridized carbons (Fsp3) is 0.474. The Balaban J connectivity index is 1.53. The van der Waals surface area contributed by atoms with Gasteiger partial charge in [-0.05, 0) is 25.3 Å². The third-order valence-corrected chi connectivity index (χ3v) is 6.68. The summed E-state index contributed by atoms with van der Waals surface area (Å²) in [7, 11) is 0. The van der Waals surface area contributed by atoms with E-state index in [1.165, 1.54) is 17.7 Å². The summed E-state index contributed by atoms with van der Waals surface area (Å²) < 4.78 is 0. The fourth-order valence-corrected chi connectivity index (χ4v) is 5.02. The zero-order chi connectivity index (χ0) is 19.2. The molecule has 0 spiro atoms. The monoisotopic (exact) mass is 386 g/mol. The van der Waals surface area contributed by atoms with E-state index in [0.29, 0.717) is 48.0 Å². The molecule has 2 atom stereocenters. The van der Waals surface area contributed by atoms with E-state index >= 15 is 0 Å². The van der Waals surface area contributed by atoms with Crippen molar-refractivity contribution in [3.05, 3.63) is 45.7 Å². The molecule has 4 rings (SSSR count).